The molecule has 0 N–H and O–H groups in total. The number of methoxy groups -OCH3 is 1. The second-order valence-electron chi connectivity index (χ2n) is 4.41. The summed E-state index contributed by atoms with van der Waals surface area (Å²) in [7, 11) is 4.02. The van der Waals surface area contributed by atoms with Crippen molar-refractivity contribution >= 4 is 0 Å². The average Bonchev–Trinajstić information content (AvgIpc) is 2.13. The Labute approximate surface area is 82.3 Å². The fraction of sp³-hybridized carbons (Fsp3) is 1.00. The maximum atomic E-state index is 5.14. The first-order chi connectivity index (χ1) is 6.16. The summed E-state index contributed by atoms with van der Waals surface area (Å²) in [5, 5.41) is 0. The third kappa shape index (κ3) is 2.68. The van der Waals surface area contributed by atoms with Gasteiger partial charge in [0, 0.05) is 19.8 Å². The van der Waals surface area contributed by atoms with E-state index < -0.39 is 0 Å². The lowest BCUT2D eigenvalue weighted by atomic mass is 9.80. The largest absolute Gasteiger partial charge is 0.385 e. The molecule has 1 rings (SSSR count). The van der Waals surface area contributed by atoms with Crippen LogP contribution in [0.15, 0.2) is 0 Å². The monoisotopic (exact) mass is 185 g/mol. The molecule has 0 saturated carbocycles. The summed E-state index contributed by atoms with van der Waals surface area (Å²) < 4.78 is 5.14. The molecular weight excluding hydrogens is 162 g/mol. The molecule has 0 spiro atoms. The summed E-state index contributed by atoms with van der Waals surface area (Å²) in [4.78, 5) is 2.47. The number of nitrogens with zero attached hydrogens (tertiary/aromatic N) is 1. The summed E-state index contributed by atoms with van der Waals surface area (Å²) in [5.74, 6) is 1.68. The molecule has 0 aromatic heterocycles. The molecule has 3 atom stereocenters. The van der Waals surface area contributed by atoms with Crippen LogP contribution < -0.4 is 0 Å². The highest BCUT2D eigenvalue weighted by molar-refractivity contribution is 4.82. The molecule has 0 amide bonds. The lowest BCUT2D eigenvalue weighted by Crippen LogP contribution is -2.44. The predicted molar refractivity (Wildman–Crippen MR) is 55.9 cm³/mol. The summed E-state index contributed by atoms with van der Waals surface area (Å²) in [6.07, 6.45) is 2.57. The Bertz CT molecular complexity index is 147. The molecule has 1 aliphatic heterocycles. The van der Waals surface area contributed by atoms with E-state index in [4.69, 9.17) is 4.74 Å². The third-order valence-corrected chi connectivity index (χ3v) is 3.75. The van der Waals surface area contributed by atoms with Crippen LogP contribution in [0.1, 0.15) is 26.7 Å². The quantitative estimate of drug-likeness (QED) is 0.667. The number of hydrogen-bond donors (Lipinski definition) is 0. The molecule has 1 saturated heterocycles. The van der Waals surface area contributed by atoms with Crippen molar-refractivity contribution in [1.29, 1.82) is 0 Å². The van der Waals surface area contributed by atoms with Gasteiger partial charge in [0.25, 0.3) is 0 Å². The Morgan fingerprint density at radius 2 is 2.08 bits per heavy atom. The van der Waals surface area contributed by atoms with Gasteiger partial charge in [-0.25, -0.2) is 0 Å². The minimum atomic E-state index is 0.732. The summed E-state index contributed by atoms with van der Waals surface area (Å²) in [6, 6.07) is 0.732. The Morgan fingerprint density at radius 3 is 2.69 bits per heavy atom. The van der Waals surface area contributed by atoms with Gasteiger partial charge >= 0.3 is 0 Å². The minimum absolute atomic E-state index is 0.732. The molecule has 2 nitrogen and oxygen atoms in total. The molecule has 1 fully saturated rings. The smallest absolute Gasteiger partial charge is 0.0465 e. The summed E-state index contributed by atoms with van der Waals surface area (Å²) in [5.41, 5.74) is 0. The first kappa shape index (κ1) is 11.0. The lowest BCUT2D eigenvalue weighted by Gasteiger charge is -2.40. The van der Waals surface area contributed by atoms with Crippen LogP contribution in [0.25, 0.3) is 0 Å². The predicted octanol–water partition coefficient (Wildman–Crippen LogP) is 2.00. The van der Waals surface area contributed by atoms with Crippen LogP contribution in [-0.4, -0.2) is 38.3 Å². The van der Waals surface area contributed by atoms with Crippen LogP contribution in [-0.2, 0) is 4.74 Å². The Morgan fingerprint density at radius 1 is 1.38 bits per heavy atom. The van der Waals surface area contributed by atoms with Gasteiger partial charge in [0.1, 0.15) is 0 Å². The van der Waals surface area contributed by atoms with Crippen LogP contribution in [0, 0.1) is 11.8 Å². The van der Waals surface area contributed by atoms with Crippen molar-refractivity contribution in [2.24, 2.45) is 11.8 Å². The molecule has 0 aromatic carbocycles. The van der Waals surface area contributed by atoms with Crippen molar-refractivity contribution < 1.29 is 4.74 Å². The number of piperidine rings is 1. The van der Waals surface area contributed by atoms with Crippen LogP contribution in [0.3, 0.4) is 0 Å². The topological polar surface area (TPSA) is 12.5 Å². The Hall–Kier alpha value is -0.0800. The van der Waals surface area contributed by atoms with Gasteiger partial charge in [-0.2, -0.15) is 0 Å². The average molecular weight is 185 g/mol. The molecule has 3 unspecified atom stereocenters. The van der Waals surface area contributed by atoms with Crippen LogP contribution in [0.2, 0.25) is 0 Å². The van der Waals surface area contributed by atoms with Crippen molar-refractivity contribution in [3.63, 3.8) is 0 Å². The van der Waals surface area contributed by atoms with E-state index in [0.717, 1.165) is 24.5 Å². The highest BCUT2D eigenvalue weighted by atomic mass is 16.5. The fourth-order valence-corrected chi connectivity index (χ4v) is 2.31. The molecule has 0 aromatic rings. The van der Waals surface area contributed by atoms with E-state index >= 15 is 0 Å². The molecule has 1 aliphatic rings. The minimum Gasteiger partial charge on any atom is -0.385 e. The zero-order valence-corrected chi connectivity index (χ0v) is 9.42. The van der Waals surface area contributed by atoms with Gasteiger partial charge in [-0.1, -0.05) is 6.92 Å². The first-order valence-electron chi connectivity index (χ1n) is 5.36. The molecule has 78 valence electrons. The lowest BCUT2D eigenvalue weighted by molar-refractivity contribution is 0.0677. The van der Waals surface area contributed by atoms with Gasteiger partial charge in [0.15, 0.2) is 0 Å². The normalized spacial score (nSPS) is 36.5. The molecule has 1 heterocycles. The van der Waals surface area contributed by atoms with Crippen molar-refractivity contribution in [2.45, 2.75) is 32.7 Å². The SMILES string of the molecule is COCCC1CCN(C)C(C)C1C. The second-order valence-corrected chi connectivity index (χ2v) is 4.41. The molecule has 2 heteroatoms. The first-order valence-corrected chi connectivity index (χ1v) is 5.36. The third-order valence-electron chi connectivity index (χ3n) is 3.75. The maximum absolute atomic E-state index is 5.14. The van der Waals surface area contributed by atoms with E-state index in [0.29, 0.717) is 0 Å². The van der Waals surface area contributed by atoms with Gasteiger partial charge in [0.2, 0.25) is 0 Å². The van der Waals surface area contributed by atoms with Crippen molar-refractivity contribution in [2.75, 3.05) is 27.3 Å². The zero-order chi connectivity index (χ0) is 9.84. The molecule has 13 heavy (non-hydrogen) atoms. The van der Waals surface area contributed by atoms with E-state index in [9.17, 15) is 0 Å². The van der Waals surface area contributed by atoms with Crippen LogP contribution in [0.4, 0.5) is 0 Å². The van der Waals surface area contributed by atoms with E-state index in [1.54, 1.807) is 7.11 Å². The van der Waals surface area contributed by atoms with E-state index in [2.05, 4.69) is 25.8 Å². The Kier molecular flexibility index (Phi) is 4.20. The van der Waals surface area contributed by atoms with Gasteiger partial charge in [-0.05, 0) is 45.2 Å². The molecular formula is C11H23NO. The van der Waals surface area contributed by atoms with Crippen molar-refractivity contribution in [3.05, 3.63) is 0 Å². The van der Waals surface area contributed by atoms with Crippen LogP contribution >= 0.6 is 0 Å². The number of hydrogen-bond acceptors (Lipinski definition) is 2. The second kappa shape index (κ2) is 4.97. The number of ether oxygens (including phenoxy) is 1. The summed E-state index contributed by atoms with van der Waals surface area (Å²) in [6.45, 7) is 6.88. The number of rotatable bonds is 3. The standard InChI is InChI=1S/C11H23NO/c1-9-10(2)12(3)7-5-11(9)6-8-13-4/h9-11H,5-8H2,1-4H3. The highest BCUT2D eigenvalue weighted by Gasteiger charge is 2.29. The van der Waals surface area contributed by atoms with E-state index in [1.165, 1.54) is 19.4 Å². The van der Waals surface area contributed by atoms with E-state index in [1.807, 2.05) is 0 Å². The zero-order valence-electron chi connectivity index (χ0n) is 9.42. The van der Waals surface area contributed by atoms with Gasteiger partial charge in [-0.15, -0.1) is 0 Å². The summed E-state index contributed by atoms with van der Waals surface area (Å²) >= 11 is 0. The van der Waals surface area contributed by atoms with Gasteiger partial charge in [-0.3, -0.25) is 0 Å². The fourth-order valence-electron chi connectivity index (χ4n) is 2.31. The maximum Gasteiger partial charge on any atom is 0.0465 e. The molecule has 0 aliphatic carbocycles. The van der Waals surface area contributed by atoms with Gasteiger partial charge < -0.3 is 9.64 Å². The Balaban J connectivity index is 2.39. The molecule has 0 bridgehead atoms. The highest BCUT2D eigenvalue weighted by Crippen LogP contribution is 2.29. The van der Waals surface area contributed by atoms with E-state index in [-0.39, 0.29) is 0 Å². The van der Waals surface area contributed by atoms with Crippen molar-refractivity contribution in [1.82, 2.24) is 4.90 Å². The molecule has 0 radical (unpaired) electrons. The van der Waals surface area contributed by atoms with Crippen molar-refractivity contribution in [3.8, 4) is 0 Å². The number of likely N-dealkylation sites (tertiary alicyclic amines) is 1. The van der Waals surface area contributed by atoms with Crippen LogP contribution in [0.5, 0.6) is 0 Å². The van der Waals surface area contributed by atoms with Gasteiger partial charge in [0.05, 0.1) is 0 Å².